The first-order valence-corrected chi connectivity index (χ1v) is 12.1. The van der Waals surface area contributed by atoms with E-state index in [0.29, 0.717) is 28.9 Å². The standard InChI is InChI=1S/C26H28N4O3S/c1-31-23-13-20(14-24(32-2)25(23)33-3)22-17-34-26(29-21-7-5-4-6-8-21)30(22)28-16-19-11-9-18(15-27)10-12-19/h9-14,16-17,21H,4-8H2,1-3H3. The monoisotopic (exact) mass is 476 g/mol. The van der Waals surface area contributed by atoms with Crippen LogP contribution < -0.4 is 19.0 Å². The van der Waals surface area contributed by atoms with E-state index in [2.05, 4.69) is 11.4 Å². The summed E-state index contributed by atoms with van der Waals surface area (Å²) in [5.41, 5.74) is 3.28. The summed E-state index contributed by atoms with van der Waals surface area (Å²) < 4.78 is 18.5. The molecule has 0 amide bonds. The van der Waals surface area contributed by atoms with Crippen LogP contribution in [-0.4, -0.2) is 38.3 Å². The van der Waals surface area contributed by atoms with E-state index in [0.717, 1.165) is 34.5 Å². The smallest absolute Gasteiger partial charge is 0.206 e. The second-order valence-electron chi connectivity index (χ2n) is 8.03. The van der Waals surface area contributed by atoms with Gasteiger partial charge in [-0.05, 0) is 42.7 Å². The number of benzene rings is 2. The third kappa shape index (κ3) is 5.15. The number of aromatic nitrogens is 1. The van der Waals surface area contributed by atoms with E-state index < -0.39 is 0 Å². The lowest BCUT2D eigenvalue weighted by molar-refractivity contribution is 0.324. The fourth-order valence-electron chi connectivity index (χ4n) is 4.06. The number of rotatable bonds is 7. The van der Waals surface area contributed by atoms with E-state index in [1.165, 1.54) is 19.3 Å². The molecule has 1 heterocycles. The summed E-state index contributed by atoms with van der Waals surface area (Å²) in [7, 11) is 4.80. The average Bonchev–Trinajstić information content (AvgIpc) is 3.29. The minimum absolute atomic E-state index is 0.316. The molecular weight excluding hydrogens is 448 g/mol. The van der Waals surface area contributed by atoms with Gasteiger partial charge in [0.1, 0.15) is 0 Å². The Morgan fingerprint density at radius 2 is 1.68 bits per heavy atom. The largest absolute Gasteiger partial charge is 0.493 e. The zero-order chi connectivity index (χ0) is 23.9. The minimum Gasteiger partial charge on any atom is -0.493 e. The maximum Gasteiger partial charge on any atom is 0.206 e. The van der Waals surface area contributed by atoms with Crippen molar-refractivity contribution in [3.05, 3.63) is 57.7 Å². The first kappa shape index (κ1) is 23.6. The summed E-state index contributed by atoms with van der Waals surface area (Å²) in [4.78, 5) is 5.91. The van der Waals surface area contributed by atoms with Crippen LogP contribution in [0, 0.1) is 11.3 Å². The van der Waals surface area contributed by atoms with E-state index in [1.54, 1.807) is 51.0 Å². The Morgan fingerprint density at radius 1 is 1.00 bits per heavy atom. The minimum atomic E-state index is 0.316. The van der Waals surface area contributed by atoms with Crippen LogP contribution in [0.1, 0.15) is 43.2 Å². The van der Waals surface area contributed by atoms with Gasteiger partial charge in [0, 0.05) is 10.9 Å². The van der Waals surface area contributed by atoms with Gasteiger partial charge in [-0.3, -0.25) is 4.99 Å². The van der Waals surface area contributed by atoms with Gasteiger partial charge in [-0.2, -0.15) is 10.4 Å². The molecule has 0 radical (unpaired) electrons. The molecule has 0 spiro atoms. The second kappa shape index (κ2) is 11.0. The third-order valence-corrected chi connectivity index (χ3v) is 6.71. The molecule has 4 rings (SSSR count). The van der Waals surface area contributed by atoms with Crippen LogP contribution in [0.5, 0.6) is 17.2 Å². The molecule has 7 nitrogen and oxygen atoms in total. The normalized spacial score (nSPS) is 14.8. The number of hydrogen-bond donors (Lipinski definition) is 0. The van der Waals surface area contributed by atoms with Gasteiger partial charge in [-0.25, -0.2) is 4.68 Å². The van der Waals surface area contributed by atoms with Gasteiger partial charge in [-0.1, -0.05) is 31.4 Å². The Bertz CT molecular complexity index is 1240. The van der Waals surface area contributed by atoms with Crippen molar-refractivity contribution in [2.24, 2.45) is 10.1 Å². The molecule has 0 unspecified atom stereocenters. The molecule has 1 fully saturated rings. The number of thiazole rings is 1. The van der Waals surface area contributed by atoms with E-state index in [9.17, 15) is 0 Å². The first-order chi connectivity index (χ1) is 16.7. The zero-order valence-corrected chi connectivity index (χ0v) is 20.5. The van der Waals surface area contributed by atoms with Crippen molar-refractivity contribution in [2.45, 2.75) is 38.1 Å². The molecule has 1 aromatic heterocycles. The number of hydrogen-bond acceptors (Lipinski definition) is 7. The summed E-state index contributed by atoms with van der Waals surface area (Å²) in [6.45, 7) is 0. The molecule has 1 saturated carbocycles. The van der Waals surface area contributed by atoms with Crippen LogP contribution in [0.4, 0.5) is 0 Å². The van der Waals surface area contributed by atoms with Gasteiger partial charge in [-0.15, -0.1) is 11.3 Å². The number of nitriles is 1. The van der Waals surface area contributed by atoms with Crippen LogP contribution in [0.2, 0.25) is 0 Å². The molecule has 3 aromatic rings. The quantitative estimate of drug-likeness (QED) is 0.437. The van der Waals surface area contributed by atoms with Gasteiger partial charge in [0.2, 0.25) is 10.6 Å². The Labute approximate surface area is 203 Å². The van der Waals surface area contributed by atoms with E-state index in [4.69, 9.17) is 29.6 Å². The summed E-state index contributed by atoms with van der Waals surface area (Å²) in [6, 6.07) is 13.6. The van der Waals surface area contributed by atoms with Crippen molar-refractivity contribution in [2.75, 3.05) is 21.3 Å². The highest BCUT2D eigenvalue weighted by atomic mass is 32.1. The van der Waals surface area contributed by atoms with Crippen molar-refractivity contribution in [3.8, 4) is 34.6 Å². The third-order valence-electron chi connectivity index (χ3n) is 5.88. The predicted octanol–water partition coefficient (Wildman–Crippen LogP) is 5.23. The molecule has 2 aromatic carbocycles. The SMILES string of the molecule is COc1cc(-c2csc(=NC3CCCCC3)n2N=Cc2ccc(C#N)cc2)cc(OC)c1OC. The number of methoxy groups -OCH3 is 3. The molecule has 176 valence electrons. The predicted molar refractivity (Wildman–Crippen MR) is 134 cm³/mol. The van der Waals surface area contributed by atoms with Gasteiger partial charge in [0.25, 0.3) is 0 Å². The van der Waals surface area contributed by atoms with E-state index >= 15 is 0 Å². The molecule has 1 aliphatic rings. The summed E-state index contributed by atoms with van der Waals surface area (Å²) in [5, 5.41) is 15.9. The topological polar surface area (TPSA) is 81.1 Å². The van der Waals surface area contributed by atoms with Gasteiger partial charge >= 0.3 is 0 Å². The molecule has 0 N–H and O–H groups in total. The highest BCUT2D eigenvalue weighted by Crippen LogP contribution is 2.41. The lowest BCUT2D eigenvalue weighted by atomic mass is 9.96. The molecule has 1 aliphatic carbocycles. The van der Waals surface area contributed by atoms with Gasteiger partial charge in [0.15, 0.2) is 11.5 Å². The lowest BCUT2D eigenvalue weighted by Crippen LogP contribution is -2.19. The van der Waals surface area contributed by atoms with Crippen LogP contribution in [0.25, 0.3) is 11.3 Å². The first-order valence-electron chi connectivity index (χ1n) is 11.3. The molecule has 0 atom stereocenters. The second-order valence-corrected chi connectivity index (χ2v) is 8.87. The van der Waals surface area contributed by atoms with Gasteiger partial charge in [0.05, 0.1) is 50.9 Å². The molecule has 0 bridgehead atoms. The molecular formula is C26H28N4O3S. The maximum absolute atomic E-state index is 9.06. The van der Waals surface area contributed by atoms with Crippen LogP contribution in [0.15, 0.2) is 51.9 Å². The Kier molecular flexibility index (Phi) is 7.65. The fourth-order valence-corrected chi connectivity index (χ4v) is 4.97. The van der Waals surface area contributed by atoms with E-state index in [1.807, 2.05) is 28.9 Å². The highest BCUT2D eigenvalue weighted by Gasteiger charge is 2.18. The molecule has 0 saturated heterocycles. The maximum atomic E-state index is 9.06. The summed E-state index contributed by atoms with van der Waals surface area (Å²) in [6.07, 6.45) is 7.72. The Morgan fingerprint density at radius 3 is 2.26 bits per heavy atom. The van der Waals surface area contributed by atoms with Crippen molar-refractivity contribution < 1.29 is 14.2 Å². The number of nitrogens with zero attached hydrogens (tertiary/aromatic N) is 4. The van der Waals surface area contributed by atoms with E-state index in [-0.39, 0.29) is 0 Å². The van der Waals surface area contributed by atoms with Gasteiger partial charge < -0.3 is 14.2 Å². The molecule has 0 aliphatic heterocycles. The molecule has 34 heavy (non-hydrogen) atoms. The Hall–Kier alpha value is -3.57. The number of ether oxygens (including phenoxy) is 3. The lowest BCUT2D eigenvalue weighted by Gasteiger charge is -2.17. The Balaban J connectivity index is 1.82. The van der Waals surface area contributed by atoms with Crippen molar-refractivity contribution in [1.82, 2.24) is 4.68 Å². The fraction of sp³-hybridized carbons (Fsp3) is 0.346. The van der Waals surface area contributed by atoms with Crippen molar-refractivity contribution in [3.63, 3.8) is 0 Å². The molecule has 8 heteroatoms. The van der Waals surface area contributed by atoms with Crippen molar-refractivity contribution in [1.29, 1.82) is 5.26 Å². The zero-order valence-electron chi connectivity index (χ0n) is 19.7. The summed E-state index contributed by atoms with van der Waals surface area (Å²) >= 11 is 1.57. The van der Waals surface area contributed by atoms with Crippen LogP contribution in [-0.2, 0) is 0 Å². The highest BCUT2D eigenvalue weighted by molar-refractivity contribution is 7.07. The summed E-state index contributed by atoms with van der Waals surface area (Å²) in [5.74, 6) is 1.71. The van der Waals surface area contributed by atoms with Crippen molar-refractivity contribution >= 4 is 17.6 Å². The average molecular weight is 477 g/mol. The van der Waals surface area contributed by atoms with Crippen LogP contribution in [0.3, 0.4) is 0 Å². The van der Waals surface area contributed by atoms with Crippen LogP contribution >= 0.6 is 11.3 Å².